The number of nitrogens with zero attached hydrogens (tertiary/aromatic N) is 1. The molecule has 0 saturated heterocycles. The monoisotopic (exact) mass is 378 g/mol. The van der Waals surface area contributed by atoms with Crippen molar-refractivity contribution in [2.45, 2.75) is 11.4 Å². The Hall–Kier alpha value is -1.78. The van der Waals surface area contributed by atoms with Crippen LogP contribution in [-0.4, -0.2) is 24.7 Å². The number of hydrogen-bond donors (Lipinski definition) is 2. The van der Waals surface area contributed by atoms with Gasteiger partial charge in [-0.2, -0.15) is 0 Å². The number of aromatic carboxylic acids is 1. The van der Waals surface area contributed by atoms with E-state index >= 15 is 0 Å². The van der Waals surface area contributed by atoms with Gasteiger partial charge in [0.05, 0.1) is 17.8 Å². The summed E-state index contributed by atoms with van der Waals surface area (Å²) in [6.45, 7) is -0.215. The molecule has 2 N–H and O–H groups in total. The van der Waals surface area contributed by atoms with E-state index in [4.69, 9.17) is 5.11 Å². The number of aromatic nitrogens is 1. The Labute approximate surface area is 126 Å². The molecule has 0 amide bonds. The van der Waals surface area contributed by atoms with Gasteiger partial charge in [0, 0.05) is 10.5 Å². The highest BCUT2D eigenvalue weighted by atomic mass is 79.9. The predicted molar refractivity (Wildman–Crippen MR) is 71.6 cm³/mol. The summed E-state index contributed by atoms with van der Waals surface area (Å²) in [5, 5.41) is 12.4. The van der Waals surface area contributed by atoms with Crippen LogP contribution in [0.5, 0.6) is 0 Å². The lowest BCUT2D eigenvalue weighted by molar-refractivity contribution is 0.0691. The number of hydrogen-bond acceptors (Lipinski definition) is 5. The van der Waals surface area contributed by atoms with E-state index < -0.39 is 32.3 Å². The van der Waals surface area contributed by atoms with Crippen molar-refractivity contribution >= 4 is 31.9 Å². The molecule has 0 fully saturated rings. The molecule has 10 heteroatoms. The van der Waals surface area contributed by atoms with Crippen molar-refractivity contribution in [2.24, 2.45) is 0 Å². The minimum Gasteiger partial charge on any atom is -0.478 e. The molecular weight excluding hydrogens is 371 g/mol. The van der Waals surface area contributed by atoms with Gasteiger partial charge in [-0.05, 0) is 12.1 Å². The zero-order chi connectivity index (χ0) is 15.6. The molecule has 1 heterocycles. The zero-order valence-corrected chi connectivity index (χ0v) is 12.6. The first-order valence-corrected chi connectivity index (χ1v) is 7.70. The molecule has 0 saturated carbocycles. The van der Waals surface area contributed by atoms with Crippen molar-refractivity contribution in [1.82, 2.24) is 9.88 Å². The maximum atomic E-state index is 14.0. The highest BCUT2D eigenvalue weighted by Gasteiger charge is 2.25. The summed E-state index contributed by atoms with van der Waals surface area (Å²) in [7, 11) is -4.25. The lowest BCUT2D eigenvalue weighted by atomic mass is 10.2. The van der Waals surface area contributed by atoms with Crippen LogP contribution in [0.2, 0.25) is 0 Å². The van der Waals surface area contributed by atoms with Crippen molar-refractivity contribution in [3.8, 4) is 0 Å². The minimum atomic E-state index is -4.25. The van der Waals surface area contributed by atoms with Gasteiger partial charge in [-0.1, -0.05) is 21.1 Å². The van der Waals surface area contributed by atoms with Gasteiger partial charge in [0.2, 0.25) is 10.0 Å². The number of carbonyl (C=O) groups is 1. The van der Waals surface area contributed by atoms with E-state index in [0.717, 1.165) is 12.1 Å². The van der Waals surface area contributed by atoms with Crippen LogP contribution < -0.4 is 4.72 Å². The fourth-order valence-corrected chi connectivity index (χ4v) is 3.22. The molecule has 0 aliphatic rings. The van der Waals surface area contributed by atoms with Crippen LogP contribution in [0.1, 0.15) is 16.1 Å². The molecule has 2 rings (SSSR count). The van der Waals surface area contributed by atoms with Gasteiger partial charge in [0.15, 0.2) is 5.82 Å². The molecule has 0 radical (unpaired) electrons. The van der Waals surface area contributed by atoms with Crippen LogP contribution in [-0.2, 0) is 16.6 Å². The van der Waals surface area contributed by atoms with E-state index in [0.29, 0.717) is 5.69 Å². The molecule has 21 heavy (non-hydrogen) atoms. The Morgan fingerprint density at radius 1 is 1.48 bits per heavy atom. The van der Waals surface area contributed by atoms with E-state index in [1.165, 1.54) is 12.3 Å². The van der Waals surface area contributed by atoms with Crippen LogP contribution in [0, 0.1) is 5.82 Å². The Bertz CT molecular complexity index is 776. The third-order valence-electron chi connectivity index (χ3n) is 2.46. The number of carboxylic acids is 1. The van der Waals surface area contributed by atoms with Crippen LogP contribution in [0.4, 0.5) is 4.39 Å². The fourth-order valence-electron chi connectivity index (χ4n) is 1.49. The van der Waals surface area contributed by atoms with Crippen LogP contribution in [0.3, 0.4) is 0 Å². The number of nitrogens with one attached hydrogen (secondary N) is 1. The molecule has 112 valence electrons. The summed E-state index contributed by atoms with van der Waals surface area (Å²) >= 11 is 2.95. The Morgan fingerprint density at radius 2 is 2.19 bits per heavy atom. The molecule has 0 unspecified atom stereocenters. The first kappa shape index (κ1) is 15.6. The van der Waals surface area contributed by atoms with Gasteiger partial charge in [-0.15, -0.1) is 0 Å². The van der Waals surface area contributed by atoms with Crippen LogP contribution in [0.15, 0.2) is 38.4 Å². The second kappa shape index (κ2) is 5.92. The molecule has 0 aliphatic carbocycles. The van der Waals surface area contributed by atoms with Crippen molar-refractivity contribution in [2.75, 3.05) is 0 Å². The molecular formula is C11H8BrFN2O5S. The SMILES string of the molecule is O=C(O)c1cc(Br)cc(S(=O)(=O)NCc2ccon2)c1F. The lowest BCUT2D eigenvalue weighted by Crippen LogP contribution is -2.25. The third kappa shape index (κ3) is 3.46. The van der Waals surface area contributed by atoms with Gasteiger partial charge >= 0.3 is 5.97 Å². The van der Waals surface area contributed by atoms with Gasteiger partial charge < -0.3 is 9.63 Å². The summed E-state index contributed by atoms with van der Waals surface area (Å²) in [6, 6.07) is 3.39. The summed E-state index contributed by atoms with van der Waals surface area (Å²) < 4.78 is 44.9. The third-order valence-corrected chi connectivity index (χ3v) is 4.32. The molecule has 0 atom stereocenters. The van der Waals surface area contributed by atoms with E-state index in [1.54, 1.807) is 0 Å². The Morgan fingerprint density at radius 3 is 2.76 bits per heavy atom. The number of sulfonamides is 1. The molecule has 7 nitrogen and oxygen atoms in total. The molecule has 1 aromatic carbocycles. The van der Waals surface area contributed by atoms with E-state index in [1.807, 2.05) is 0 Å². The van der Waals surface area contributed by atoms with Crippen LogP contribution in [0.25, 0.3) is 0 Å². The Kier molecular flexibility index (Phi) is 4.40. The summed E-state index contributed by atoms with van der Waals surface area (Å²) in [5.74, 6) is -2.90. The standard InChI is InChI=1S/C11H8BrFN2O5S/c12-6-3-8(11(16)17)10(13)9(4-6)21(18,19)14-5-7-1-2-20-15-7/h1-4,14H,5H2,(H,16,17). The van der Waals surface area contributed by atoms with Crippen molar-refractivity contribution in [3.63, 3.8) is 0 Å². The minimum absolute atomic E-state index is 0.128. The molecule has 1 aromatic heterocycles. The number of halogens is 2. The molecule has 0 bridgehead atoms. The van der Waals surface area contributed by atoms with E-state index in [2.05, 4.69) is 30.3 Å². The first-order chi connectivity index (χ1) is 9.81. The fraction of sp³-hybridized carbons (Fsp3) is 0.0909. The number of carboxylic acid groups (broad SMARTS) is 1. The quantitative estimate of drug-likeness (QED) is 0.819. The predicted octanol–water partition coefficient (Wildman–Crippen LogP) is 1.75. The first-order valence-electron chi connectivity index (χ1n) is 5.42. The second-order valence-electron chi connectivity index (χ2n) is 3.89. The van der Waals surface area contributed by atoms with Crippen molar-refractivity contribution in [3.05, 3.63) is 46.0 Å². The maximum Gasteiger partial charge on any atom is 0.338 e. The second-order valence-corrected chi connectivity index (χ2v) is 6.54. The number of benzene rings is 1. The average molecular weight is 379 g/mol. The summed E-state index contributed by atoms with van der Waals surface area (Å²) in [6.07, 6.45) is 1.26. The smallest absolute Gasteiger partial charge is 0.338 e. The molecule has 0 spiro atoms. The van der Waals surface area contributed by atoms with Crippen molar-refractivity contribution in [1.29, 1.82) is 0 Å². The highest BCUT2D eigenvalue weighted by molar-refractivity contribution is 9.10. The Balaban J connectivity index is 2.37. The van der Waals surface area contributed by atoms with E-state index in [9.17, 15) is 17.6 Å². The summed E-state index contributed by atoms with van der Waals surface area (Å²) in [4.78, 5) is 10.1. The highest BCUT2D eigenvalue weighted by Crippen LogP contribution is 2.24. The average Bonchev–Trinajstić information content (AvgIpc) is 2.91. The lowest BCUT2D eigenvalue weighted by Gasteiger charge is -2.09. The van der Waals surface area contributed by atoms with Gasteiger partial charge in [-0.25, -0.2) is 22.3 Å². The van der Waals surface area contributed by atoms with Crippen molar-refractivity contribution < 1.29 is 27.2 Å². The van der Waals surface area contributed by atoms with Gasteiger partial charge in [-0.3, -0.25) is 0 Å². The van der Waals surface area contributed by atoms with Crippen LogP contribution >= 0.6 is 15.9 Å². The zero-order valence-electron chi connectivity index (χ0n) is 10.2. The normalized spacial score (nSPS) is 11.5. The van der Waals surface area contributed by atoms with Gasteiger partial charge in [0.25, 0.3) is 0 Å². The topological polar surface area (TPSA) is 110 Å². The molecule has 0 aliphatic heterocycles. The maximum absolute atomic E-state index is 14.0. The number of rotatable bonds is 5. The molecule has 2 aromatic rings. The van der Waals surface area contributed by atoms with Gasteiger partial charge in [0.1, 0.15) is 11.2 Å². The largest absolute Gasteiger partial charge is 0.478 e. The summed E-state index contributed by atoms with van der Waals surface area (Å²) in [5.41, 5.74) is -0.446. The van der Waals surface area contributed by atoms with E-state index in [-0.39, 0.29) is 11.0 Å².